The molecule has 0 aromatic heterocycles. The Hall–Kier alpha value is -1.68. The van der Waals surface area contributed by atoms with Crippen LogP contribution in [0.5, 0.6) is 0 Å². The summed E-state index contributed by atoms with van der Waals surface area (Å²) in [5.74, 6) is 1.50. The van der Waals surface area contributed by atoms with Crippen LogP contribution in [0.15, 0.2) is 60.7 Å². The van der Waals surface area contributed by atoms with Gasteiger partial charge < -0.3 is 10.0 Å². The maximum Gasteiger partial charge on any atom is 0.0583 e. The lowest BCUT2D eigenvalue weighted by Crippen LogP contribution is -2.38. The summed E-state index contributed by atoms with van der Waals surface area (Å²) in [6.45, 7) is 7.24. The Bertz CT molecular complexity index is 712. The summed E-state index contributed by atoms with van der Waals surface area (Å²) >= 11 is 0. The first-order valence-corrected chi connectivity index (χ1v) is 11.5. The summed E-state index contributed by atoms with van der Waals surface area (Å²) in [5, 5.41) is 10.5. The van der Waals surface area contributed by atoms with E-state index in [1.54, 1.807) is 0 Å². The van der Waals surface area contributed by atoms with E-state index in [2.05, 4.69) is 64.4 Å². The minimum atomic E-state index is -0.199. The standard InChI is InChI=1S/C26H36N2O/c29-26(17-22-7-3-1-4-8-22)18-23-11-14-27(15-12-23)20-25-13-16-28(21-25)19-24-9-5-2-6-10-24/h1-10,23,25-26,29H,11-21H2. The van der Waals surface area contributed by atoms with Gasteiger partial charge in [0, 0.05) is 19.6 Å². The number of piperidine rings is 1. The van der Waals surface area contributed by atoms with Gasteiger partial charge in [-0.25, -0.2) is 0 Å². The topological polar surface area (TPSA) is 26.7 Å². The number of rotatable bonds is 8. The van der Waals surface area contributed by atoms with Gasteiger partial charge in [-0.1, -0.05) is 60.7 Å². The van der Waals surface area contributed by atoms with E-state index in [0.717, 1.165) is 25.3 Å². The van der Waals surface area contributed by atoms with Crippen molar-refractivity contribution in [3.05, 3.63) is 71.8 Å². The largest absolute Gasteiger partial charge is 0.393 e. The molecule has 2 aliphatic rings. The second-order valence-corrected chi connectivity index (χ2v) is 9.20. The second kappa shape index (κ2) is 10.4. The molecule has 0 amide bonds. The van der Waals surface area contributed by atoms with Crippen LogP contribution in [0.3, 0.4) is 0 Å². The molecule has 2 heterocycles. The van der Waals surface area contributed by atoms with Crippen molar-refractivity contribution in [2.24, 2.45) is 11.8 Å². The first-order chi connectivity index (χ1) is 14.2. The molecule has 29 heavy (non-hydrogen) atoms. The van der Waals surface area contributed by atoms with Gasteiger partial charge in [-0.15, -0.1) is 0 Å². The summed E-state index contributed by atoms with van der Waals surface area (Å²) in [4.78, 5) is 5.30. The van der Waals surface area contributed by atoms with E-state index in [1.807, 2.05) is 6.07 Å². The predicted octanol–water partition coefficient (Wildman–Crippen LogP) is 4.21. The number of nitrogens with zero attached hydrogens (tertiary/aromatic N) is 2. The molecule has 3 heteroatoms. The average Bonchev–Trinajstić information content (AvgIpc) is 3.17. The third-order valence-corrected chi connectivity index (χ3v) is 6.76. The van der Waals surface area contributed by atoms with Crippen molar-refractivity contribution in [2.75, 3.05) is 32.7 Å². The van der Waals surface area contributed by atoms with Gasteiger partial charge in [0.2, 0.25) is 0 Å². The molecule has 2 unspecified atom stereocenters. The molecule has 0 bridgehead atoms. The second-order valence-electron chi connectivity index (χ2n) is 9.20. The van der Waals surface area contributed by atoms with Crippen molar-refractivity contribution in [1.82, 2.24) is 9.80 Å². The first kappa shape index (κ1) is 20.6. The zero-order valence-electron chi connectivity index (χ0n) is 17.6. The van der Waals surface area contributed by atoms with Crippen molar-refractivity contribution in [3.8, 4) is 0 Å². The van der Waals surface area contributed by atoms with Gasteiger partial charge >= 0.3 is 0 Å². The normalized spacial score (nSPS) is 22.7. The highest BCUT2D eigenvalue weighted by Crippen LogP contribution is 2.26. The van der Waals surface area contributed by atoms with E-state index >= 15 is 0 Å². The molecule has 2 aromatic rings. The summed E-state index contributed by atoms with van der Waals surface area (Å²) in [6.07, 6.45) is 5.37. The van der Waals surface area contributed by atoms with Gasteiger partial charge in [-0.2, -0.15) is 0 Å². The highest BCUT2D eigenvalue weighted by atomic mass is 16.3. The number of hydrogen-bond acceptors (Lipinski definition) is 3. The Morgan fingerprint density at radius 2 is 1.34 bits per heavy atom. The Labute approximate surface area is 176 Å². The predicted molar refractivity (Wildman–Crippen MR) is 120 cm³/mol. The summed E-state index contributed by atoms with van der Waals surface area (Å²) in [7, 11) is 0. The van der Waals surface area contributed by atoms with Crippen LogP contribution in [-0.4, -0.2) is 53.7 Å². The van der Waals surface area contributed by atoms with E-state index in [1.165, 1.54) is 63.1 Å². The molecule has 2 fully saturated rings. The molecular weight excluding hydrogens is 356 g/mol. The van der Waals surface area contributed by atoms with Gasteiger partial charge in [-0.3, -0.25) is 4.90 Å². The third-order valence-electron chi connectivity index (χ3n) is 6.76. The average molecular weight is 393 g/mol. The van der Waals surface area contributed by atoms with Crippen LogP contribution < -0.4 is 0 Å². The molecule has 0 spiro atoms. The fourth-order valence-electron chi connectivity index (χ4n) is 5.17. The van der Waals surface area contributed by atoms with Gasteiger partial charge in [0.1, 0.15) is 0 Å². The highest BCUT2D eigenvalue weighted by molar-refractivity contribution is 5.16. The number of aliphatic hydroxyl groups excluding tert-OH is 1. The molecule has 1 N–H and O–H groups in total. The Morgan fingerprint density at radius 3 is 2.03 bits per heavy atom. The lowest BCUT2D eigenvalue weighted by atomic mass is 9.89. The highest BCUT2D eigenvalue weighted by Gasteiger charge is 2.27. The number of aliphatic hydroxyl groups is 1. The van der Waals surface area contributed by atoms with Gasteiger partial charge in [0.15, 0.2) is 0 Å². The SMILES string of the molecule is OC(Cc1ccccc1)CC1CCN(CC2CCN(Cc3ccccc3)C2)CC1. The van der Waals surface area contributed by atoms with Gasteiger partial charge in [-0.05, 0) is 74.7 Å². The van der Waals surface area contributed by atoms with Crippen LogP contribution in [-0.2, 0) is 13.0 Å². The van der Waals surface area contributed by atoms with Crippen molar-refractivity contribution in [1.29, 1.82) is 0 Å². The van der Waals surface area contributed by atoms with E-state index in [-0.39, 0.29) is 6.10 Å². The van der Waals surface area contributed by atoms with Crippen LogP contribution in [0.1, 0.15) is 36.8 Å². The minimum Gasteiger partial charge on any atom is -0.393 e. The number of hydrogen-bond donors (Lipinski definition) is 1. The van der Waals surface area contributed by atoms with Crippen LogP contribution in [0, 0.1) is 11.8 Å². The maximum atomic E-state index is 10.5. The Balaban J connectivity index is 1.14. The van der Waals surface area contributed by atoms with Crippen molar-refractivity contribution < 1.29 is 5.11 Å². The number of benzene rings is 2. The quantitative estimate of drug-likeness (QED) is 0.729. The fraction of sp³-hybridized carbons (Fsp3) is 0.538. The molecule has 2 aliphatic heterocycles. The number of likely N-dealkylation sites (tertiary alicyclic amines) is 2. The van der Waals surface area contributed by atoms with E-state index in [0.29, 0.717) is 5.92 Å². The van der Waals surface area contributed by atoms with Crippen LogP contribution in [0.2, 0.25) is 0 Å². The first-order valence-electron chi connectivity index (χ1n) is 11.5. The molecule has 156 valence electrons. The maximum absolute atomic E-state index is 10.5. The van der Waals surface area contributed by atoms with E-state index in [4.69, 9.17) is 0 Å². The Morgan fingerprint density at radius 1 is 0.759 bits per heavy atom. The molecule has 0 saturated carbocycles. The molecular formula is C26H36N2O. The lowest BCUT2D eigenvalue weighted by molar-refractivity contribution is 0.102. The molecule has 2 saturated heterocycles. The van der Waals surface area contributed by atoms with Gasteiger partial charge in [0.05, 0.1) is 6.10 Å². The van der Waals surface area contributed by atoms with Crippen LogP contribution in [0.25, 0.3) is 0 Å². The summed E-state index contributed by atoms with van der Waals surface area (Å²) < 4.78 is 0. The van der Waals surface area contributed by atoms with Crippen LogP contribution >= 0.6 is 0 Å². The molecule has 3 nitrogen and oxygen atoms in total. The zero-order valence-corrected chi connectivity index (χ0v) is 17.6. The molecule has 0 aliphatic carbocycles. The minimum absolute atomic E-state index is 0.199. The molecule has 4 rings (SSSR count). The molecule has 0 radical (unpaired) electrons. The zero-order chi connectivity index (χ0) is 19.9. The van der Waals surface area contributed by atoms with E-state index < -0.39 is 0 Å². The smallest absolute Gasteiger partial charge is 0.0583 e. The van der Waals surface area contributed by atoms with Gasteiger partial charge in [0.25, 0.3) is 0 Å². The van der Waals surface area contributed by atoms with Crippen molar-refractivity contribution in [3.63, 3.8) is 0 Å². The monoisotopic (exact) mass is 392 g/mol. The lowest BCUT2D eigenvalue weighted by Gasteiger charge is -2.34. The summed E-state index contributed by atoms with van der Waals surface area (Å²) in [6, 6.07) is 21.3. The van der Waals surface area contributed by atoms with E-state index in [9.17, 15) is 5.11 Å². The molecule has 2 aromatic carbocycles. The van der Waals surface area contributed by atoms with Crippen LogP contribution in [0.4, 0.5) is 0 Å². The Kier molecular flexibility index (Phi) is 7.37. The molecule has 2 atom stereocenters. The van der Waals surface area contributed by atoms with Crippen molar-refractivity contribution >= 4 is 0 Å². The fourth-order valence-corrected chi connectivity index (χ4v) is 5.17. The summed E-state index contributed by atoms with van der Waals surface area (Å²) in [5.41, 5.74) is 2.68. The third kappa shape index (κ3) is 6.40. The van der Waals surface area contributed by atoms with Crippen molar-refractivity contribution in [2.45, 2.75) is 44.8 Å².